The number of nitrogens with zero attached hydrogens (tertiary/aromatic N) is 1. The van der Waals surface area contributed by atoms with Crippen LogP contribution >= 0.6 is 0 Å². The molecule has 1 aliphatic rings. The van der Waals surface area contributed by atoms with Gasteiger partial charge in [-0.05, 0) is 32.3 Å². The van der Waals surface area contributed by atoms with Crippen LogP contribution in [-0.2, 0) is 21.2 Å². The fourth-order valence-corrected chi connectivity index (χ4v) is 4.88. The second-order valence-corrected chi connectivity index (χ2v) is 8.65. The van der Waals surface area contributed by atoms with Gasteiger partial charge in [-0.1, -0.05) is 43.7 Å². The highest BCUT2D eigenvalue weighted by Gasteiger charge is 2.41. The second kappa shape index (κ2) is 7.11. The van der Waals surface area contributed by atoms with E-state index >= 15 is 0 Å². The highest BCUT2D eigenvalue weighted by Crippen LogP contribution is 2.27. The zero-order chi connectivity index (χ0) is 16.2. The summed E-state index contributed by atoms with van der Waals surface area (Å²) in [5.74, 6) is 0.227. The number of rotatable bonds is 6. The van der Waals surface area contributed by atoms with Gasteiger partial charge < -0.3 is 4.74 Å². The lowest BCUT2D eigenvalue weighted by atomic mass is 10.0. The van der Waals surface area contributed by atoms with Crippen LogP contribution in [0.1, 0.15) is 39.2 Å². The van der Waals surface area contributed by atoms with Crippen molar-refractivity contribution in [3.63, 3.8) is 0 Å². The van der Waals surface area contributed by atoms with Gasteiger partial charge in [0.05, 0.1) is 24.0 Å². The van der Waals surface area contributed by atoms with E-state index in [4.69, 9.17) is 4.74 Å². The quantitative estimate of drug-likeness (QED) is 0.808. The first-order valence-electron chi connectivity index (χ1n) is 8.01. The van der Waals surface area contributed by atoms with Crippen LogP contribution in [0.5, 0.6) is 0 Å². The van der Waals surface area contributed by atoms with E-state index in [9.17, 15) is 8.42 Å². The standard InChI is InChI=1S/C17H27NO3S/c1-4-5-11-22(19,20)18-13-16(21-14-17(18,2)3)12-15-9-7-6-8-10-15/h6-10,16H,4-5,11-14H2,1-3H3. The van der Waals surface area contributed by atoms with Crippen LogP contribution < -0.4 is 0 Å². The zero-order valence-corrected chi connectivity index (χ0v) is 14.6. The number of morpholine rings is 1. The van der Waals surface area contributed by atoms with Gasteiger partial charge in [0.25, 0.3) is 0 Å². The van der Waals surface area contributed by atoms with Gasteiger partial charge in [-0.25, -0.2) is 8.42 Å². The summed E-state index contributed by atoms with van der Waals surface area (Å²) in [6.07, 6.45) is 2.26. The number of ether oxygens (including phenoxy) is 1. The Hall–Kier alpha value is -0.910. The molecule has 0 radical (unpaired) electrons. The molecule has 0 amide bonds. The molecule has 5 heteroatoms. The molecule has 0 bridgehead atoms. The molecule has 1 aliphatic heterocycles. The summed E-state index contributed by atoms with van der Waals surface area (Å²) in [5.41, 5.74) is 0.706. The Morgan fingerprint density at radius 1 is 1.27 bits per heavy atom. The first kappa shape index (κ1) is 17.4. The van der Waals surface area contributed by atoms with Gasteiger partial charge in [0.2, 0.25) is 10.0 Å². The van der Waals surface area contributed by atoms with Gasteiger partial charge in [-0.2, -0.15) is 4.31 Å². The molecule has 22 heavy (non-hydrogen) atoms. The number of unbranched alkanes of at least 4 members (excludes halogenated alkanes) is 1. The summed E-state index contributed by atoms with van der Waals surface area (Å²) in [4.78, 5) is 0. The molecule has 1 atom stereocenters. The average molecular weight is 325 g/mol. The Morgan fingerprint density at radius 3 is 2.59 bits per heavy atom. The van der Waals surface area contributed by atoms with Crippen LogP contribution in [0.4, 0.5) is 0 Å². The molecule has 1 aromatic carbocycles. The van der Waals surface area contributed by atoms with Crippen molar-refractivity contribution in [2.75, 3.05) is 18.9 Å². The van der Waals surface area contributed by atoms with Crippen molar-refractivity contribution in [3.8, 4) is 0 Å². The first-order chi connectivity index (χ1) is 10.3. The van der Waals surface area contributed by atoms with Crippen molar-refractivity contribution in [1.82, 2.24) is 4.31 Å². The highest BCUT2D eigenvalue weighted by atomic mass is 32.2. The van der Waals surface area contributed by atoms with Crippen LogP contribution in [0.15, 0.2) is 30.3 Å². The number of benzene rings is 1. The molecule has 0 spiro atoms. The van der Waals surface area contributed by atoms with Gasteiger partial charge in [0.1, 0.15) is 0 Å². The van der Waals surface area contributed by atoms with Crippen molar-refractivity contribution in [2.45, 2.75) is 51.7 Å². The maximum atomic E-state index is 12.6. The fourth-order valence-electron chi connectivity index (χ4n) is 2.81. The van der Waals surface area contributed by atoms with E-state index in [0.717, 1.165) is 12.8 Å². The fraction of sp³-hybridized carbons (Fsp3) is 0.647. The summed E-state index contributed by atoms with van der Waals surface area (Å²) >= 11 is 0. The lowest BCUT2D eigenvalue weighted by Crippen LogP contribution is -2.59. The maximum absolute atomic E-state index is 12.6. The summed E-state index contributed by atoms with van der Waals surface area (Å²) in [6, 6.07) is 10.1. The van der Waals surface area contributed by atoms with Crippen molar-refractivity contribution < 1.29 is 13.2 Å². The molecule has 1 aromatic rings. The molecule has 1 heterocycles. The Morgan fingerprint density at radius 2 is 1.95 bits per heavy atom. The van der Waals surface area contributed by atoms with Crippen LogP contribution in [0.3, 0.4) is 0 Å². The summed E-state index contributed by atoms with van der Waals surface area (Å²) in [6.45, 7) is 6.77. The molecule has 124 valence electrons. The molecule has 0 aliphatic carbocycles. The molecule has 1 unspecified atom stereocenters. The third-order valence-corrected chi connectivity index (χ3v) is 6.23. The minimum atomic E-state index is -3.22. The largest absolute Gasteiger partial charge is 0.375 e. The van der Waals surface area contributed by atoms with Crippen molar-refractivity contribution in [1.29, 1.82) is 0 Å². The normalized spacial score (nSPS) is 22.6. The number of hydrogen-bond donors (Lipinski definition) is 0. The van der Waals surface area contributed by atoms with E-state index in [0.29, 0.717) is 19.6 Å². The summed E-state index contributed by atoms with van der Waals surface area (Å²) in [5, 5.41) is 0. The summed E-state index contributed by atoms with van der Waals surface area (Å²) < 4.78 is 32.8. The minimum Gasteiger partial charge on any atom is -0.375 e. The van der Waals surface area contributed by atoms with Crippen molar-refractivity contribution in [2.24, 2.45) is 0 Å². The molecular weight excluding hydrogens is 298 g/mol. The van der Waals surface area contributed by atoms with Gasteiger partial charge in [0.15, 0.2) is 0 Å². The van der Waals surface area contributed by atoms with Gasteiger partial charge in [-0.3, -0.25) is 0 Å². The smallest absolute Gasteiger partial charge is 0.214 e. The average Bonchev–Trinajstić information content (AvgIpc) is 2.48. The third-order valence-electron chi connectivity index (χ3n) is 4.11. The lowest BCUT2D eigenvalue weighted by molar-refractivity contribution is -0.0629. The molecular formula is C17H27NO3S. The monoisotopic (exact) mass is 325 g/mol. The van der Waals surface area contributed by atoms with Crippen molar-refractivity contribution in [3.05, 3.63) is 35.9 Å². The Bertz CT molecular complexity index is 569. The Balaban J connectivity index is 2.10. The second-order valence-electron chi connectivity index (χ2n) is 6.64. The summed E-state index contributed by atoms with van der Waals surface area (Å²) in [7, 11) is -3.22. The lowest BCUT2D eigenvalue weighted by Gasteiger charge is -2.44. The molecule has 0 N–H and O–H groups in total. The number of hydrogen-bond acceptors (Lipinski definition) is 3. The molecule has 0 saturated carbocycles. The van der Waals surface area contributed by atoms with Crippen molar-refractivity contribution >= 4 is 10.0 Å². The molecule has 0 aromatic heterocycles. The number of sulfonamides is 1. The van der Waals surface area contributed by atoms with E-state index in [2.05, 4.69) is 12.1 Å². The maximum Gasteiger partial charge on any atom is 0.214 e. The predicted octanol–water partition coefficient (Wildman–Crippen LogP) is 2.84. The van der Waals surface area contributed by atoms with E-state index in [1.165, 1.54) is 5.56 Å². The topological polar surface area (TPSA) is 46.6 Å². The van der Waals surface area contributed by atoms with E-state index in [1.807, 2.05) is 39.0 Å². The van der Waals surface area contributed by atoms with Gasteiger partial charge in [-0.15, -0.1) is 0 Å². The Labute approximate surface area is 134 Å². The van der Waals surface area contributed by atoms with E-state index < -0.39 is 15.6 Å². The van der Waals surface area contributed by atoms with E-state index in [-0.39, 0.29) is 11.9 Å². The minimum absolute atomic E-state index is 0.0770. The molecule has 4 nitrogen and oxygen atoms in total. The van der Waals surface area contributed by atoms with Crippen LogP contribution in [0.2, 0.25) is 0 Å². The Kier molecular flexibility index (Phi) is 5.64. The van der Waals surface area contributed by atoms with Crippen LogP contribution in [0, 0.1) is 0 Å². The van der Waals surface area contributed by atoms with E-state index in [1.54, 1.807) is 4.31 Å². The van der Waals surface area contributed by atoms with Gasteiger partial charge in [0, 0.05) is 6.54 Å². The zero-order valence-electron chi connectivity index (χ0n) is 13.8. The SMILES string of the molecule is CCCCS(=O)(=O)N1CC(Cc2ccccc2)OCC1(C)C. The highest BCUT2D eigenvalue weighted by molar-refractivity contribution is 7.89. The van der Waals surface area contributed by atoms with Crippen LogP contribution in [-0.4, -0.2) is 43.3 Å². The third kappa shape index (κ3) is 4.31. The predicted molar refractivity (Wildman–Crippen MR) is 89.4 cm³/mol. The van der Waals surface area contributed by atoms with Crippen LogP contribution in [0.25, 0.3) is 0 Å². The van der Waals surface area contributed by atoms with Gasteiger partial charge >= 0.3 is 0 Å². The molecule has 1 saturated heterocycles. The first-order valence-corrected chi connectivity index (χ1v) is 9.62. The molecule has 2 rings (SSSR count). The molecule has 1 fully saturated rings.